The van der Waals surface area contributed by atoms with Gasteiger partial charge in [0.05, 0.1) is 5.38 Å². The van der Waals surface area contributed by atoms with Crippen molar-refractivity contribution in [1.29, 1.82) is 0 Å². The van der Waals surface area contributed by atoms with Gasteiger partial charge in [-0.25, -0.2) is 0 Å². The summed E-state index contributed by atoms with van der Waals surface area (Å²) >= 11 is 12.0. The summed E-state index contributed by atoms with van der Waals surface area (Å²) < 4.78 is 0. The average Bonchev–Trinajstić information content (AvgIpc) is 2.07. The SMILES string of the molecule is O=NC1(Cl)CCCCCCC1Cl. The molecule has 0 bridgehead atoms. The summed E-state index contributed by atoms with van der Waals surface area (Å²) in [6.07, 6.45) is 5.75. The monoisotopic (exact) mass is 209 g/mol. The number of halogens is 2. The van der Waals surface area contributed by atoms with Crippen molar-refractivity contribution in [3.63, 3.8) is 0 Å². The molecule has 1 saturated carbocycles. The third kappa shape index (κ3) is 2.33. The molecule has 1 aliphatic rings. The van der Waals surface area contributed by atoms with Crippen molar-refractivity contribution >= 4 is 23.2 Å². The minimum Gasteiger partial charge on any atom is -0.149 e. The molecule has 0 heterocycles. The first kappa shape index (κ1) is 10.3. The van der Waals surface area contributed by atoms with E-state index in [2.05, 4.69) is 5.18 Å². The molecule has 2 nitrogen and oxygen atoms in total. The van der Waals surface area contributed by atoms with Crippen molar-refractivity contribution in [2.75, 3.05) is 0 Å². The fourth-order valence-corrected chi connectivity index (χ4v) is 2.08. The second-order valence-electron chi connectivity index (χ2n) is 3.33. The Hall–Kier alpha value is 0.180. The predicted octanol–water partition coefficient (Wildman–Crippen LogP) is 3.65. The van der Waals surface area contributed by atoms with Crippen LogP contribution in [0.3, 0.4) is 0 Å². The van der Waals surface area contributed by atoms with Gasteiger partial charge in [-0.2, -0.15) is 0 Å². The molecular formula is C8H13Cl2NO. The molecule has 0 spiro atoms. The molecule has 0 amide bonds. The van der Waals surface area contributed by atoms with Crippen molar-refractivity contribution in [3.8, 4) is 0 Å². The third-order valence-corrected chi connectivity index (χ3v) is 3.58. The summed E-state index contributed by atoms with van der Waals surface area (Å²) in [6.45, 7) is 0. The zero-order chi connectivity index (χ0) is 9.03. The maximum absolute atomic E-state index is 10.5. The molecule has 0 N–H and O–H groups in total. The van der Waals surface area contributed by atoms with Gasteiger partial charge in [0, 0.05) is 0 Å². The molecule has 0 aromatic carbocycles. The van der Waals surface area contributed by atoms with E-state index in [9.17, 15) is 4.91 Å². The van der Waals surface area contributed by atoms with Gasteiger partial charge in [-0.3, -0.25) is 0 Å². The van der Waals surface area contributed by atoms with E-state index in [0.29, 0.717) is 6.42 Å². The Balaban J connectivity index is 2.60. The highest BCUT2D eigenvalue weighted by Crippen LogP contribution is 2.36. The van der Waals surface area contributed by atoms with Crippen LogP contribution in [0.5, 0.6) is 0 Å². The third-order valence-electron chi connectivity index (χ3n) is 2.37. The van der Waals surface area contributed by atoms with Gasteiger partial charge in [-0.1, -0.05) is 30.9 Å². The molecule has 0 aromatic heterocycles. The molecule has 2 atom stereocenters. The summed E-state index contributed by atoms with van der Waals surface area (Å²) in [4.78, 5) is 9.45. The highest BCUT2D eigenvalue weighted by Gasteiger charge is 2.37. The molecule has 4 heteroatoms. The Labute approximate surface area is 82.6 Å². The van der Waals surface area contributed by atoms with Crippen LogP contribution in [-0.4, -0.2) is 10.4 Å². The normalized spacial score (nSPS) is 38.3. The summed E-state index contributed by atoms with van der Waals surface area (Å²) in [5.41, 5.74) is 0. The highest BCUT2D eigenvalue weighted by molar-refractivity contribution is 6.32. The maximum Gasteiger partial charge on any atom is 0.191 e. The first-order chi connectivity index (χ1) is 5.69. The van der Waals surface area contributed by atoms with Crippen LogP contribution in [0.15, 0.2) is 5.18 Å². The topological polar surface area (TPSA) is 29.4 Å². The van der Waals surface area contributed by atoms with E-state index in [1.807, 2.05) is 0 Å². The zero-order valence-corrected chi connectivity index (χ0v) is 8.44. The van der Waals surface area contributed by atoms with Crippen LogP contribution in [0.4, 0.5) is 0 Å². The van der Waals surface area contributed by atoms with Crippen LogP contribution in [0, 0.1) is 4.91 Å². The molecule has 0 radical (unpaired) electrons. The molecule has 1 aliphatic carbocycles. The first-order valence-corrected chi connectivity index (χ1v) is 5.18. The van der Waals surface area contributed by atoms with Gasteiger partial charge >= 0.3 is 0 Å². The molecule has 1 fully saturated rings. The molecule has 12 heavy (non-hydrogen) atoms. The molecule has 2 unspecified atom stereocenters. The van der Waals surface area contributed by atoms with E-state index in [0.717, 1.165) is 25.7 Å². The lowest BCUT2D eigenvalue weighted by Crippen LogP contribution is -2.31. The van der Waals surface area contributed by atoms with Crippen LogP contribution >= 0.6 is 23.2 Å². The minimum atomic E-state index is -1.04. The van der Waals surface area contributed by atoms with Crippen LogP contribution in [0.25, 0.3) is 0 Å². The maximum atomic E-state index is 10.5. The molecule has 0 saturated heterocycles. The number of hydrogen-bond acceptors (Lipinski definition) is 2. The number of nitrogens with zero attached hydrogens (tertiary/aromatic N) is 1. The largest absolute Gasteiger partial charge is 0.191 e. The number of nitroso groups, excluding NO2 is 1. The standard InChI is InChI=1S/C8H13Cl2NO/c9-7-5-3-1-2-4-6-8(7,10)11-12/h7H,1-6H2. The molecular weight excluding hydrogens is 197 g/mol. The molecule has 0 aliphatic heterocycles. The van der Waals surface area contributed by atoms with Crippen LogP contribution in [0.1, 0.15) is 38.5 Å². The quantitative estimate of drug-likeness (QED) is 0.369. The van der Waals surface area contributed by atoms with E-state index in [-0.39, 0.29) is 5.38 Å². The van der Waals surface area contributed by atoms with Crippen molar-refractivity contribution in [2.45, 2.75) is 48.9 Å². The van der Waals surface area contributed by atoms with Gasteiger partial charge in [0.15, 0.2) is 5.00 Å². The Morgan fingerprint density at radius 1 is 1.25 bits per heavy atom. The van der Waals surface area contributed by atoms with Gasteiger partial charge in [0.2, 0.25) is 0 Å². The van der Waals surface area contributed by atoms with Gasteiger partial charge in [-0.05, 0) is 24.4 Å². The van der Waals surface area contributed by atoms with E-state index in [1.165, 1.54) is 6.42 Å². The zero-order valence-electron chi connectivity index (χ0n) is 6.93. The predicted molar refractivity (Wildman–Crippen MR) is 51.7 cm³/mol. The highest BCUT2D eigenvalue weighted by atomic mass is 35.5. The lowest BCUT2D eigenvalue weighted by molar-refractivity contribution is 0.422. The van der Waals surface area contributed by atoms with Crippen molar-refractivity contribution in [2.24, 2.45) is 5.18 Å². The number of rotatable bonds is 1. The minimum absolute atomic E-state index is 0.294. The number of alkyl halides is 2. The Bertz CT molecular complexity index is 165. The molecule has 70 valence electrons. The second kappa shape index (κ2) is 4.43. The lowest BCUT2D eigenvalue weighted by atomic mass is 9.96. The van der Waals surface area contributed by atoms with Gasteiger partial charge < -0.3 is 0 Å². The Kier molecular flexibility index (Phi) is 3.78. The smallest absolute Gasteiger partial charge is 0.149 e. The summed E-state index contributed by atoms with van der Waals surface area (Å²) in [5, 5.41) is 2.65. The van der Waals surface area contributed by atoms with Gasteiger partial charge in [-0.15, -0.1) is 16.5 Å². The second-order valence-corrected chi connectivity index (χ2v) is 4.51. The van der Waals surface area contributed by atoms with Gasteiger partial charge in [0.1, 0.15) is 0 Å². The first-order valence-electron chi connectivity index (χ1n) is 4.36. The molecule has 0 aromatic rings. The van der Waals surface area contributed by atoms with Crippen molar-refractivity contribution in [1.82, 2.24) is 0 Å². The van der Waals surface area contributed by atoms with Gasteiger partial charge in [0.25, 0.3) is 0 Å². The van der Waals surface area contributed by atoms with E-state index < -0.39 is 5.00 Å². The lowest BCUT2D eigenvalue weighted by Gasteiger charge is -2.26. The average molecular weight is 210 g/mol. The van der Waals surface area contributed by atoms with E-state index in [4.69, 9.17) is 23.2 Å². The van der Waals surface area contributed by atoms with E-state index >= 15 is 0 Å². The summed E-state index contributed by atoms with van der Waals surface area (Å²) in [7, 11) is 0. The fourth-order valence-electron chi connectivity index (χ4n) is 1.53. The Morgan fingerprint density at radius 2 is 1.92 bits per heavy atom. The summed E-state index contributed by atoms with van der Waals surface area (Å²) in [6, 6.07) is 0. The fraction of sp³-hybridized carbons (Fsp3) is 1.00. The van der Waals surface area contributed by atoms with Crippen LogP contribution < -0.4 is 0 Å². The van der Waals surface area contributed by atoms with E-state index in [1.54, 1.807) is 0 Å². The van der Waals surface area contributed by atoms with Crippen LogP contribution in [0.2, 0.25) is 0 Å². The summed E-state index contributed by atoms with van der Waals surface area (Å²) in [5.74, 6) is 0. The number of hydrogen-bond donors (Lipinski definition) is 0. The molecule has 1 rings (SSSR count). The Morgan fingerprint density at radius 3 is 2.58 bits per heavy atom. The van der Waals surface area contributed by atoms with Crippen LogP contribution in [-0.2, 0) is 0 Å². The van der Waals surface area contributed by atoms with Crippen molar-refractivity contribution < 1.29 is 0 Å². The van der Waals surface area contributed by atoms with Crippen molar-refractivity contribution in [3.05, 3.63) is 4.91 Å².